The second-order valence-corrected chi connectivity index (χ2v) is 0. The third kappa shape index (κ3) is 0. The molecule has 0 spiro atoms. The van der Waals surface area contributed by atoms with E-state index in [1.54, 1.807) is 6.92 Å². The van der Waals surface area contributed by atoms with Crippen LogP contribution in [-0.2, 0) is 0 Å². The quantitative estimate of drug-likeness (QED) is 0.361. The lowest BCUT2D eigenvalue weighted by Gasteiger charge is -1.27. The molecule has 0 aliphatic rings. The zero-order chi connectivity index (χ0) is 6.00. The van der Waals surface area contributed by atoms with Crippen molar-refractivity contribution in [1.29, 1.82) is 0 Å². The molecule has 14 heavy (non-hydrogen) atoms. The molecule has 0 aromatic rings. The van der Waals surface area contributed by atoms with Crippen LogP contribution in [0.5, 0.6) is 0 Å². The minimum atomic E-state index is 0. The van der Waals surface area contributed by atoms with Gasteiger partial charge >= 0.3 is 0 Å². The lowest BCUT2D eigenvalue weighted by molar-refractivity contribution is 1.50. The van der Waals surface area contributed by atoms with E-state index in [-0.39, 0.29) is 59.4 Å². The lowest BCUT2D eigenvalue weighted by atomic mass is 11.0. The second-order valence-electron chi connectivity index (χ2n) is 0. The summed E-state index contributed by atoms with van der Waals surface area (Å²) in [6, 6.07) is 0. The van der Waals surface area contributed by atoms with E-state index in [9.17, 15) is 0 Å². The van der Waals surface area contributed by atoms with Gasteiger partial charge in [-0.05, 0) is 0 Å². The average Bonchev–Trinajstić information content (AvgIpc) is 1.81. The third-order valence-electron chi connectivity index (χ3n) is 0. The van der Waals surface area contributed by atoms with E-state index in [1.807, 2.05) is 27.7 Å². The molecule has 0 heterocycles. The Balaban J connectivity index is -0.000000000833. The first-order valence-corrected chi connectivity index (χ1v) is 2.71. The minimum absolute atomic E-state index is 0. The van der Waals surface area contributed by atoms with Gasteiger partial charge < -0.3 is 6.92 Å². The van der Waals surface area contributed by atoms with Gasteiger partial charge in [0.1, 0.15) is 0 Å². The van der Waals surface area contributed by atoms with Crippen LogP contribution in [0.15, 0.2) is 0 Å². The van der Waals surface area contributed by atoms with Crippen molar-refractivity contribution in [3.05, 3.63) is 6.92 Å². The Kier molecular flexibility index (Phi) is 0. The Morgan fingerprint density at radius 3 is 0.357 bits per heavy atom. The standard InChI is InChI=1S/2C2H6.C2H5.8CH4/c3*1-2;;;;;;;;/h2*1-2H3;1H2,2H3;8*1H4/q;;-1;;;;;;;;. The molecule has 0 aromatic carbocycles. The maximum atomic E-state index is 3.25. The van der Waals surface area contributed by atoms with Gasteiger partial charge in [-0.2, -0.15) is 6.92 Å². The molecule has 0 nitrogen and oxygen atoms in total. The molecule has 0 atom stereocenters. The molecular formula is C14H49-. The normalized spacial score (nSPS) is 1.29. The van der Waals surface area contributed by atoms with Crippen LogP contribution in [0.4, 0.5) is 0 Å². The second kappa shape index (κ2) is 0. The van der Waals surface area contributed by atoms with Crippen LogP contribution in [0.2, 0.25) is 0 Å². The maximum Gasteiger partial charge on any atom is -0.0683 e. The van der Waals surface area contributed by atoms with Gasteiger partial charge in [0.2, 0.25) is 0 Å². The zero-order valence-corrected chi connectivity index (χ0v) is 5.71. The summed E-state index contributed by atoms with van der Waals surface area (Å²) in [5.74, 6) is 0. The van der Waals surface area contributed by atoms with Crippen LogP contribution in [0, 0.1) is 6.92 Å². The molecule has 0 aliphatic carbocycles. The van der Waals surface area contributed by atoms with Crippen molar-refractivity contribution >= 4 is 0 Å². The van der Waals surface area contributed by atoms with Gasteiger partial charge in [0.05, 0.1) is 0 Å². The molecular weight excluding hydrogens is 168 g/mol. The van der Waals surface area contributed by atoms with E-state index in [2.05, 4.69) is 6.92 Å². The Hall–Kier alpha value is 0. The largest absolute Gasteiger partial charge is 0.346 e. The van der Waals surface area contributed by atoms with Crippen LogP contribution < -0.4 is 0 Å². The van der Waals surface area contributed by atoms with E-state index < -0.39 is 0 Å². The first-order chi connectivity index (χ1) is 3.00. The van der Waals surface area contributed by atoms with Crippen LogP contribution >= 0.6 is 0 Å². The van der Waals surface area contributed by atoms with Crippen molar-refractivity contribution in [1.82, 2.24) is 0 Å². The van der Waals surface area contributed by atoms with E-state index in [0.29, 0.717) is 0 Å². The molecule has 0 heteroatoms. The predicted molar refractivity (Wildman–Crippen MR) is 87.6 cm³/mol. The lowest BCUT2D eigenvalue weighted by Crippen LogP contribution is -0.888. The summed E-state index contributed by atoms with van der Waals surface area (Å²) < 4.78 is 0. The molecule has 0 saturated carbocycles. The molecule has 0 rings (SSSR count). The SMILES string of the molecule is C.C.C.C.C.C.C.C.CC.CC.[CH2-]C. The van der Waals surface area contributed by atoms with Crippen molar-refractivity contribution in [3.8, 4) is 0 Å². The van der Waals surface area contributed by atoms with E-state index in [1.165, 1.54) is 0 Å². The van der Waals surface area contributed by atoms with Crippen molar-refractivity contribution in [2.45, 2.75) is 94.0 Å². The van der Waals surface area contributed by atoms with E-state index >= 15 is 0 Å². The molecule has 0 radical (unpaired) electrons. The Morgan fingerprint density at radius 1 is 0.357 bits per heavy atom. The Bertz CT molecular complexity index is 0. The Morgan fingerprint density at radius 2 is 0.357 bits per heavy atom. The summed E-state index contributed by atoms with van der Waals surface area (Å²) in [4.78, 5) is 0. The van der Waals surface area contributed by atoms with Gasteiger partial charge in [0.15, 0.2) is 0 Å². The average molecular weight is 218 g/mol. The number of rotatable bonds is 0. The predicted octanol–water partition coefficient (Wildman–Crippen LogP) is 7.98. The monoisotopic (exact) mass is 217 g/mol. The highest BCUT2D eigenvalue weighted by molar-refractivity contribution is 3.94. The first-order valence-electron chi connectivity index (χ1n) is 2.71. The summed E-state index contributed by atoms with van der Waals surface area (Å²) in [5.41, 5.74) is 0. The maximum absolute atomic E-state index is 3.25. The van der Waals surface area contributed by atoms with Crippen LogP contribution in [0.1, 0.15) is 94.0 Å². The van der Waals surface area contributed by atoms with Crippen molar-refractivity contribution in [3.63, 3.8) is 0 Å². The topological polar surface area (TPSA) is 0 Å². The van der Waals surface area contributed by atoms with Crippen LogP contribution in [0.3, 0.4) is 0 Å². The molecule has 0 fully saturated rings. The molecule has 0 saturated heterocycles. The fourth-order valence-corrected chi connectivity index (χ4v) is 0. The van der Waals surface area contributed by atoms with Gasteiger partial charge in [0.25, 0.3) is 0 Å². The summed E-state index contributed by atoms with van der Waals surface area (Å²) in [6.07, 6.45) is 0. The summed E-state index contributed by atoms with van der Waals surface area (Å²) in [7, 11) is 0. The summed E-state index contributed by atoms with van der Waals surface area (Å²) >= 11 is 0. The fourth-order valence-electron chi connectivity index (χ4n) is 0. The van der Waals surface area contributed by atoms with E-state index in [0.717, 1.165) is 0 Å². The van der Waals surface area contributed by atoms with Crippen molar-refractivity contribution in [2.24, 2.45) is 0 Å². The highest BCUT2D eigenvalue weighted by atomic mass is 13.0. The molecule has 0 amide bonds. The molecule has 0 aliphatic heterocycles. The van der Waals surface area contributed by atoms with Gasteiger partial charge in [0, 0.05) is 0 Å². The molecule has 0 unspecified atom stereocenters. The van der Waals surface area contributed by atoms with Crippen molar-refractivity contribution in [2.75, 3.05) is 0 Å². The van der Waals surface area contributed by atoms with Crippen molar-refractivity contribution < 1.29 is 0 Å². The zero-order valence-electron chi connectivity index (χ0n) is 5.71. The molecule has 0 N–H and O–H groups in total. The highest BCUT2D eigenvalue weighted by Crippen LogP contribution is 1.15. The molecule has 106 valence electrons. The smallest absolute Gasteiger partial charge is 0.0683 e. The van der Waals surface area contributed by atoms with Crippen LogP contribution in [0.25, 0.3) is 0 Å². The van der Waals surface area contributed by atoms with Gasteiger partial charge in [-0.3, -0.25) is 0 Å². The third-order valence-corrected chi connectivity index (χ3v) is 0. The van der Waals surface area contributed by atoms with Gasteiger partial charge in [-0.25, -0.2) is 0 Å². The molecule has 0 bridgehead atoms. The van der Waals surface area contributed by atoms with Crippen LogP contribution in [-0.4, -0.2) is 0 Å². The van der Waals surface area contributed by atoms with Gasteiger partial charge in [-0.15, -0.1) is 0 Å². The minimum Gasteiger partial charge on any atom is -0.346 e. The summed E-state index contributed by atoms with van der Waals surface area (Å²) in [5, 5.41) is 0. The molecule has 0 aromatic heterocycles. The van der Waals surface area contributed by atoms with Gasteiger partial charge in [-0.1, -0.05) is 87.1 Å². The number of hydrogen-bond acceptors (Lipinski definition) is 0. The Labute approximate surface area is 102 Å². The fraction of sp³-hybridized carbons (Fsp3) is 0.929. The first kappa shape index (κ1) is 263. The summed E-state index contributed by atoms with van der Waals surface area (Å²) in [6.45, 7) is 13.0. The van der Waals surface area contributed by atoms with E-state index in [4.69, 9.17) is 0 Å². The highest BCUT2D eigenvalue weighted by Gasteiger charge is 0.934. The number of hydrogen-bond donors (Lipinski definition) is 0.